The summed E-state index contributed by atoms with van der Waals surface area (Å²) >= 11 is 0. The van der Waals surface area contributed by atoms with Gasteiger partial charge in [0.2, 0.25) is 5.91 Å². The number of hydrogen-bond donors (Lipinski definition) is 1. The molecule has 1 aromatic carbocycles. The standard InChI is InChI=1S/C15H16N2O3/c1-17(11-12-6-3-2-4-7-12)14(18)10-16-15(19)13-8-5-9-20-13/h2-9H,10-11H2,1H3,(H,16,19). The molecule has 1 N–H and O–H groups in total. The summed E-state index contributed by atoms with van der Waals surface area (Å²) in [6.07, 6.45) is 1.41. The smallest absolute Gasteiger partial charge is 0.287 e. The first-order valence-electron chi connectivity index (χ1n) is 6.26. The molecule has 5 heteroatoms. The molecule has 1 aromatic heterocycles. The summed E-state index contributed by atoms with van der Waals surface area (Å²) in [6, 6.07) is 12.8. The Hall–Kier alpha value is -2.56. The SMILES string of the molecule is CN(Cc1ccccc1)C(=O)CNC(=O)c1ccco1. The van der Waals surface area contributed by atoms with E-state index in [4.69, 9.17) is 4.42 Å². The molecule has 5 nitrogen and oxygen atoms in total. The second-order valence-electron chi connectivity index (χ2n) is 4.40. The predicted molar refractivity (Wildman–Crippen MR) is 74.0 cm³/mol. The number of carbonyl (C=O) groups is 2. The monoisotopic (exact) mass is 272 g/mol. The lowest BCUT2D eigenvalue weighted by molar-refractivity contribution is -0.129. The highest BCUT2D eigenvalue weighted by Gasteiger charge is 2.13. The Morgan fingerprint density at radius 1 is 1.15 bits per heavy atom. The van der Waals surface area contributed by atoms with Crippen LogP contribution in [0.25, 0.3) is 0 Å². The van der Waals surface area contributed by atoms with Crippen LogP contribution >= 0.6 is 0 Å². The van der Waals surface area contributed by atoms with Gasteiger partial charge in [0.25, 0.3) is 5.91 Å². The maximum atomic E-state index is 11.9. The lowest BCUT2D eigenvalue weighted by atomic mass is 10.2. The van der Waals surface area contributed by atoms with E-state index in [-0.39, 0.29) is 18.2 Å². The number of benzene rings is 1. The number of nitrogens with one attached hydrogen (secondary N) is 1. The number of nitrogens with zero attached hydrogens (tertiary/aromatic N) is 1. The molecule has 104 valence electrons. The number of amides is 2. The predicted octanol–water partition coefficient (Wildman–Crippen LogP) is 1.67. The molecule has 2 amide bonds. The number of likely N-dealkylation sites (N-methyl/N-ethyl adjacent to an activating group) is 1. The van der Waals surface area contributed by atoms with Crippen molar-refractivity contribution in [2.75, 3.05) is 13.6 Å². The largest absolute Gasteiger partial charge is 0.459 e. The molecule has 0 atom stereocenters. The third-order valence-corrected chi connectivity index (χ3v) is 2.83. The van der Waals surface area contributed by atoms with Crippen molar-refractivity contribution < 1.29 is 14.0 Å². The Balaban J connectivity index is 1.81. The van der Waals surface area contributed by atoms with Gasteiger partial charge in [0, 0.05) is 13.6 Å². The van der Waals surface area contributed by atoms with E-state index >= 15 is 0 Å². The van der Waals surface area contributed by atoms with E-state index < -0.39 is 5.91 Å². The zero-order valence-electron chi connectivity index (χ0n) is 11.2. The second-order valence-corrected chi connectivity index (χ2v) is 4.40. The summed E-state index contributed by atoms with van der Waals surface area (Å²) in [7, 11) is 1.70. The average molecular weight is 272 g/mol. The minimum absolute atomic E-state index is 0.0527. The molecule has 0 fully saturated rings. The first kappa shape index (κ1) is 13.9. The van der Waals surface area contributed by atoms with Gasteiger partial charge >= 0.3 is 0 Å². The average Bonchev–Trinajstić information content (AvgIpc) is 2.99. The van der Waals surface area contributed by atoms with Gasteiger partial charge in [0.1, 0.15) is 0 Å². The van der Waals surface area contributed by atoms with Gasteiger partial charge in [-0.2, -0.15) is 0 Å². The van der Waals surface area contributed by atoms with Crippen LogP contribution in [0.1, 0.15) is 16.1 Å². The number of hydrogen-bond acceptors (Lipinski definition) is 3. The van der Waals surface area contributed by atoms with E-state index in [0.29, 0.717) is 6.54 Å². The van der Waals surface area contributed by atoms with Gasteiger partial charge in [0.05, 0.1) is 12.8 Å². The van der Waals surface area contributed by atoms with Crippen molar-refractivity contribution in [1.29, 1.82) is 0 Å². The molecule has 0 saturated carbocycles. The summed E-state index contributed by atoms with van der Waals surface area (Å²) in [5.74, 6) is -0.353. The molecule has 0 saturated heterocycles. The van der Waals surface area contributed by atoms with Crippen molar-refractivity contribution in [3.05, 3.63) is 60.1 Å². The van der Waals surface area contributed by atoms with Crippen molar-refractivity contribution in [1.82, 2.24) is 10.2 Å². The van der Waals surface area contributed by atoms with Gasteiger partial charge in [-0.05, 0) is 17.7 Å². The first-order valence-corrected chi connectivity index (χ1v) is 6.26. The number of carbonyl (C=O) groups excluding carboxylic acids is 2. The highest BCUT2D eigenvalue weighted by Crippen LogP contribution is 2.03. The van der Waals surface area contributed by atoms with E-state index in [1.807, 2.05) is 30.3 Å². The molecule has 2 rings (SSSR count). The highest BCUT2D eigenvalue weighted by atomic mass is 16.3. The van der Waals surface area contributed by atoms with Gasteiger partial charge < -0.3 is 14.6 Å². The minimum atomic E-state index is -0.392. The van der Waals surface area contributed by atoms with Gasteiger partial charge in [-0.3, -0.25) is 9.59 Å². The van der Waals surface area contributed by atoms with E-state index in [2.05, 4.69) is 5.32 Å². The molecule has 2 aromatic rings. The lowest BCUT2D eigenvalue weighted by Gasteiger charge is -2.17. The maximum absolute atomic E-state index is 11.9. The highest BCUT2D eigenvalue weighted by molar-refractivity contribution is 5.94. The summed E-state index contributed by atoms with van der Waals surface area (Å²) in [5.41, 5.74) is 1.04. The Kier molecular flexibility index (Phi) is 4.55. The molecule has 20 heavy (non-hydrogen) atoms. The van der Waals surface area contributed by atoms with E-state index in [0.717, 1.165) is 5.56 Å². The molecule has 0 bridgehead atoms. The van der Waals surface area contributed by atoms with Crippen LogP contribution in [0.3, 0.4) is 0 Å². The van der Waals surface area contributed by atoms with Crippen LogP contribution in [0.4, 0.5) is 0 Å². The number of rotatable bonds is 5. The van der Waals surface area contributed by atoms with Crippen molar-refractivity contribution in [2.45, 2.75) is 6.54 Å². The maximum Gasteiger partial charge on any atom is 0.287 e. The van der Waals surface area contributed by atoms with Crippen LogP contribution in [0.5, 0.6) is 0 Å². The normalized spacial score (nSPS) is 10.1. The molecule has 1 heterocycles. The zero-order chi connectivity index (χ0) is 14.4. The molecular weight excluding hydrogens is 256 g/mol. The summed E-state index contributed by atoms with van der Waals surface area (Å²) in [5, 5.41) is 2.53. The Morgan fingerprint density at radius 3 is 2.55 bits per heavy atom. The molecule has 0 aliphatic rings. The molecule has 0 aliphatic carbocycles. The van der Waals surface area contributed by atoms with E-state index in [1.54, 1.807) is 24.1 Å². The van der Waals surface area contributed by atoms with Gasteiger partial charge in [-0.15, -0.1) is 0 Å². The number of furan rings is 1. The summed E-state index contributed by atoms with van der Waals surface area (Å²) < 4.78 is 4.95. The Morgan fingerprint density at radius 2 is 1.90 bits per heavy atom. The van der Waals surface area contributed by atoms with E-state index in [9.17, 15) is 9.59 Å². The fourth-order valence-corrected chi connectivity index (χ4v) is 1.73. The Bertz CT molecular complexity index is 564. The fourth-order valence-electron chi connectivity index (χ4n) is 1.73. The third-order valence-electron chi connectivity index (χ3n) is 2.83. The minimum Gasteiger partial charge on any atom is -0.459 e. The van der Waals surface area contributed by atoms with Crippen LogP contribution in [0.15, 0.2) is 53.1 Å². The van der Waals surface area contributed by atoms with Crippen LogP contribution < -0.4 is 5.32 Å². The fraction of sp³-hybridized carbons (Fsp3) is 0.200. The molecule has 0 unspecified atom stereocenters. The van der Waals surface area contributed by atoms with Crippen molar-refractivity contribution >= 4 is 11.8 Å². The Labute approximate surface area is 117 Å². The van der Waals surface area contributed by atoms with Crippen molar-refractivity contribution in [3.8, 4) is 0 Å². The summed E-state index contributed by atoms with van der Waals surface area (Å²) in [4.78, 5) is 25.1. The molecule has 0 aliphatic heterocycles. The molecule has 0 radical (unpaired) electrons. The first-order chi connectivity index (χ1) is 9.66. The van der Waals surface area contributed by atoms with Crippen LogP contribution in [0, 0.1) is 0 Å². The second kappa shape index (κ2) is 6.56. The van der Waals surface area contributed by atoms with Crippen LogP contribution in [0.2, 0.25) is 0 Å². The van der Waals surface area contributed by atoms with Crippen LogP contribution in [-0.2, 0) is 11.3 Å². The zero-order valence-corrected chi connectivity index (χ0v) is 11.2. The summed E-state index contributed by atoms with van der Waals surface area (Å²) in [6.45, 7) is 0.458. The van der Waals surface area contributed by atoms with Crippen molar-refractivity contribution in [2.24, 2.45) is 0 Å². The van der Waals surface area contributed by atoms with Gasteiger partial charge in [-0.25, -0.2) is 0 Å². The third kappa shape index (κ3) is 3.71. The van der Waals surface area contributed by atoms with Gasteiger partial charge in [0.15, 0.2) is 5.76 Å². The van der Waals surface area contributed by atoms with Crippen molar-refractivity contribution in [3.63, 3.8) is 0 Å². The topological polar surface area (TPSA) is 62.6 Å². The lowest BCUT2D eigenvalue weighted by Crippen LogP contribution is -2.37. The molecule has 0 spiro atoms. The van der Waals surface area contributed by atoms with E-state index in [1.165, 1.54) is 6.26 Å². The van der Waals surface area contributed by atoms with Crippen LogP contribution in [-0.4, -0.2) is 30.3 Å². The molecular formula is C15H16N2O3. The van der Waals surface area contributed by atoms with Gasteiger partial charge in [-0.1, -0.05) is 30.3 Å². The quantitative estimate of drug-likeness (QED) is 0.900.